The average Bonchev–Trinajstić information content (AvgIpc) is 3.62. The zero-order valence-electron chi connectivity index (χ0n) is 31.0. The highest BCUT2D eigenvalue weighted by molar-refractivity contribution is 7.99. The predicted molar refractivity (Wildman–Crippen MR) is 216 cm³/mol. The molecule has 12 nitrogen and oxygen atoms in total. The number of likely N-dealkylation sites (N-methyl/N-ethyl adjacent to an activating group) is 1. The maximum atomic E-state index is 14.6. The summed E-state index contributed by atoms with van der Waals surface area (Å²) in [5.41, 5.74) is 16.9. The van der Waals surface area contributed by atoms with Crippen LogP contribution in [0.25, 0.3) is 22.0 Å². The van der Waals surface area contributed by atoms with Crippen molar-refractivity contribution in [2.24, 2.45) is 17.4 Å². The molecule has 4 heterocycles. The number of nitrogens with one attached hydrogen (secondary N) is 3. The second kappa shape index (κ2) is 19.3. The SMILES string of the molecule is CN1C(=O)[C@H](CCCCN)CC(=O)[C@H](CCCN)NCc2cccnc2Sc2c(Cl)cc(-c3ccnnc3)cc2CNC(=O)[C@@H]1Cc1c[nH]c2ccccc12. The van der Waals surface area contributed by atoms with E-state index in [2.05, 4.69) is 25.8 Å². The predicted octanol–water partition coefficient (Wildman–Crippen LogP) is 5.43. The number of nitrogens with zero attached hydrogens (tertiary/aromatic N) is 4. The van der Waals surface area contributed by atoms with E-state index in [1.54, 1.807) is 25.6 Å². The zero-order valence-corrected chi connectivity index (χ0v) is 32.5. The van der Waals surface area contributed by atoms with Crippen LogP contribution in [-0.2, 0) is 33.9 Å². The molecule has 5 aromatic rings. The van der Waals surface area contributed by atoms with Crippen molar-refractivity contribution in [1.82, 2.24) is 35.7 Å². The molecule has 2 aromatic carbocycles. The largest absolute Gasteiger partial charge is 0.361 e. The average molecular weight is 782 g/mol. The second-order valence-corrected chi connectivity index (χ2v) is 15.3. The normalized spacial score (nSPS) is 18.8. The molecule has 14 heteroatoms. The van der Waals surface area contributed by atoms with Crippen LogP contribution in [0.3, 0.4) is 0 Å². The van der Waals surface area contributed by atoms with Gasteiger partial charge in [-0.15, -0.1) is 0 Å². The van der Waals surface area contributed by atoms with Gasteiger partial charge in [-0.3, -0.25) is 14.4 Å². The lowest BCUT2D eigenvalue weighted by molar-refractivity contribution is -0.143. The van der Waals surface area contributed by atoms with Gasteiger partial charge in [-0.1, -0.05) is 54.0 Å². The molecule has 0 spiro atoms. The van der Waals surface area contributed by atoms with E-state index in [4.69, 9.17) is 28.1 Å². The summed E-state index contributed by atoms with van der Waals surface area (Å²) in [4.78, 5) is 53.6. The fourth-order valence-corrected chi connectivity index (χ4v) is 8.44. The van der Waals surface area contributed by atoms with Crippen molar-refractivity contribution in [2.75, 3.05) is 20.1 Å². The Morgan fingerprint density at radius 3 is 2.55 bits per heavy atom. The molecule has 0 radical (unpaired) electrons. The minimum atomic E-state index is -0.887. The lowest BCUT2D eigenvalue weighted by atomic mass is 9.90. The van der Waals surface area contributed by atoms with Crippen LogP contribution in [0.4, 0.5) is 0 Å². The first-order valence-corrected chi connectivity index (χ1v) is 19.9. The minimum Gasteiger partial charge on any atom is -0.361 e. The monoisotopic (exact) mass is 781 g/mol. The van der Waals surface area contributed by atoms with E-state index in [1.165, 1.54) is 16.7 Å². The van der Waals surface area contributed by atoms with Crippen molar-refractivity contribution in [1.29, 1.82) is 0 Å². The number of carbonyl (C=O) groups excluding carboxylic acids is 3. The van der Waals surface area contributed by atoms with Crippen molar-refractivity contribution >= 4 is 51.9 Å². The maximum Gasteiger partial charge on any atom is 0.243 e. The zero-order chi connectivity index (χ0) is 38.7. The summed E-state index contributed by atoms with van der Waals surface area (Å²) < 4.78 is 0. The standard InChI is InChI=1S/C41H48ClN9O3S/c1-51-36(20-30-23-46-34-11-3-2-10-32(30)34)39(53)48-24-31-18-29(27-13-17-49-50-25-27)19-33(42)38(31)55-40-28(9-7-16-45-40)22-47-35(12-6-15-44)37(52)21-26(41(51)54)8-4-5-14-43/h2-3,7,9-11,13,16-19,23,25-26,35-36,46-47H,4-6,8,12,14-15,20-22,24,43-44H2,1H3,(H,48,53)/t26-,35+,36+/m1/s1. The van der Waals surface area contributed by atoms with Crippen LogP contribution in [0.15, 0.2) is 89.3 Å². The quantitative estimate of drug-likeness (QED) is 0.115. The van der Waals surface area contributed by atoms with Gasteiger partial charge in [0.25, 0.3) is 0 Å². The number of rotatable bonds is 10. The minimum absolute atomic E-state index is 0.0275. The second-order valence-electron chi connectivity index (χ2n) is 13.9. The molecule has 3 atom stereocenters. The Bertz CT molecular complexity index is 2100. The van der Waals surface area contributed by atoms with Crippen molar-refractivity contribution in [3.05, 3.63) is 101 Å². The molecule has 0 saturated carbocycles. The number of nitrogens with two attached hydrogens (primary N) is 2. The summed E-state index contributed by atoms with van der Waals surface area (Å²) >= 11 is 8.48. The van der Waals surface area contributed by atoms with Gasteiger partial charge in [0.1, 0.15) is 11.1 Å². The van der Waals surface area contributed by atoms with E-state index < -0.39 is 18.0 Å². The highest BCUT2D eigenvalue weighted by Gasteiger charge is 2.34. The Morgan fingerprint density at radius 1 is 0.909 bits per heavy atom. The molecule has 7 N–H and O–H groups in total. The Balaban J connectivity index is 1.44. The number of H-pyrrole nitrogens is 1. The molecular weight excluding hydrogens is 734 g/mol. The lowest BCUT2D eigenvalue weighted by Gasteiger charge is -2.31. The van der Waals surface area contributed by atoms with Gasteiger partial charge >= 0.3 is 0 Å². The molecule has 0 aliphatic carbocycles. The van der Waals surface area contributed by atoms with Gasteiger partial charge in [-0.05, 0) is 91.4 Å². The number of ketones is 1. The van der Waals surface area contributed by atoms with Crippen LogP contribution in [-0.4, -0.2) is 74.9 Å². The molecule has 1 aliphatic heterocycles. The van der Waals surface area contributed by atoms with Gasteiger partial charge in [0.15, 0.2) is 5.78 Å². The Kier molecular flexibility index (Phi) is 14.0. The van der Waals surface area contributed by atoms with Crippen LogP contribution in [0.1, 0.15) is 55.2 Å². The number of halogens is 1. The van der Waals surface area contributed by atoms with Crippen molar-refractivity contribution in [3.8, 4) is 11.1 Å². The fourth-order valence-electron chi connectivity index (χ4n) is 7.09. The number of carbonyl (C=O) groups is 3. The van der Waals surface area contributed by atoms with Crippen molar-refractivity contribution in [2.45, 2.75) is 80.0 Å². The molecule has 6 rings (SSSR count). The third-order valence-corrected chi connectivity index (χ3v) is 11.8. The van der Waals surface area contributed by atoms with Gasteiger partial charge < -0.3 is 32.0 Å². The number of fused-ring (bicyclic) bond motifs is 3. The smallest absolute Gasteiger partial charge is 0.243 e. The van der Waals surface area contributed by atoms with E-state index in [9.17, 15) is 14.4 Å². The number of para-hydroxylation sites is 1. The highest BCUT2D eigenvalue weighted by atomic mass is 35.5. The van der Waals surface area contributed by atoms with E-state index >= 15 is 0 Å². The number of benzene rings is 2. The Hall–Kier alpha value is -4.66. The van der Waals surface area contributed by atoms with Gasteiger partial charge in [-0.2, -0.15) is 10.2 Å². The molecule has 3 aromatic heterocycles. The lowest BCUT2D eigenvalue weighted by Crippen LogP contribution is -2.51. The molecule has 55 heavy (non-hydrogen) atoms. The summed E-state index contributed by atoms with van der Waals surface area (Å²) in [6, 6.07) is 16.0. The number of unbranched alkanes of at least 4 members (excludes halogenated alkanes) is 1. The third kappa shape index (κ3) is 9.96. The molecule has 0 fully saturated rings. The Labute approximate surface area is 330 Å². The Morgan fingerprint density at radius 2 is 1.75 bits per heavy atom. The molecule has 0 unspecified atom stereocenters. The first kappa shape index (κ1) is 40.0. The molecular formula is C41H48ClN9O3S. The fraction of sp³-hybridized carbons (Fsp3) is 0.366. The maximum absolute atomic E-state index is 14.6. The summed E-state index contributed by atoms with van der Waals surface area (Å²) in [5, 5.41) is 16.8. The third-order valence-electron chi connectivity index (χ3n) is 10.2. The van der Waals surface area contributed by atoms with E-state index in [-0.39, 0.29) is 37.0 Å². The summed E-state index contributed by atoms with van der Waals surface area (Å²) in [6.07, 6.45) is 10.2. The number of hydrogen-bond acceptors (Lipinski definition) is 10. The van der Waals surface area contributed by atoms with E-state index in [0.29, 0.717) is 55.4 Å². The number of aromatic amines is 1. The van der Waals surface area contributed by atoms with E-state index in [0.717, 1.165) is 50.0 Å². The van der Waals surface area contributed by atoms with Gasteiger partial charge in [-0.25, -0.2) is 4.98 Å². The number of amides is 2. The van der Waals surface area contributed by atoms with Crippen LogP contribution < -0.4 is 22.1 Å². The van der Waals surface area contributed by atoms with Crippen LogP contribution in [0, 0.1) is 5.92 Å². The van der Waals surface area contributed by atoms with Crippen molar-refractivity contribution in [3.63, 3.8) is 0 Å². The first-order chi connectivity index (χ1) is 26.8. The van der Waals surface area contributed by atoms with E-state index in [1.807, 2.05) is 60.8 Å². The van der Waals surface area contributed by atoms with Crippen LogP contribution >= 0.6 is 23.4 Å². The number of hydrogen-bond donors (Lipinski definition) is 5. The van der Waals surface area contributed by atoms with Gasteiger partial charge in [0, 0.05) is 72.7 Å². The molecule has 0 saturated heterocycles. The number of aromatic nitrogens is 4. The number of pyridine rings is 1. The molecule has 288 valence electrons. The van der Waals surface area contributed by atoms with Crippen LogP contribution in [0.5, 0.6) is 0 Å². The topological polar surface area (TPSA) is 185 Å². The summed E-state index contributed by atoms with van der Waals surface area (Å²) in [7, 11) is 1.66. The van der Waals surface area contributed by atoms with Crippen LogP contribution in [0.2, 0.25) is 5.02 Å². The van der Waals surface area contributed by atoms with Crippen molar-refractivity contribution < 1.29 is 14.4 Å². The summed E-state index contributed by atoms with van der Waals surface area (Å²) in [6.45, 7) is 1.39. The first-order valence-electron chi connectivity index (χ1n) is 18.7. The van der Waals surface area contributed by atoms with Gasteiger partial charge in [0.05, 0.1) is 23.5 Å². The molecule has 0 bridgehead atoms. The summed E-state index contributed by atoms with van der Waals surface area (Å²) in [5.74, 6) is -1.30. The van der Waals surface area contributed by atoms with Gasteiger partial charge in [0.2, 0.25) is 11.8 Å². The number of Topliss-reactive ketones (excluding diaryl/α,β-unsaturated/α-hetero) is 1. The highest BCUT2D eigenvalue weighted by Crippen LogP contribution is 2.39. The molecule has 1 aliphatic rings. The molecule has 2 amide bonds.